The second-order valence-corrected chi connectivity index (χ2v) is 16.3. The Morgan fingerprint density at radius 1 is 0.889 bits per heavy atom. The first-order chi connectivity index (χ1) is 13.1. The molecular formula is C24H39OSiZr-3. The Hall–Kier alpha value is -0.240. The quantitative estimate of drug-likeness (QED) is 0.365. The summed E-state index contributed by atoms with van der Waals surface area (Å²) in [7, 11) is 0. The first-order valence-corrected chi connectivity index (χ1v) is 16.6. The predicted octanol–water partition coefficient (Wildman–Crippen LogP) is 6.19. The van der Waals surface area contributed by atoms with Crippen molar-refractivity contribution in [3.63, 3.8) is 0 Å². The van der Waals surface area contributed by atoms with Crippen LogP contribution in [0.4, 0.5) is 0 Å². The molecule has 0 unspecified atom stereocenters. The third-order valence-corrected chi connectivity index (χ3v) is 4.30. The summed E-state index contributed by atoms with van der Waals surface area (Å²) < 4.78 is 0. The van der Waals surface area contributed by atoms with Crippen molar-refractivity contribution in [1.29, 1.82) is 0 Å². The number of hydrogen-bond donors (Lipinski definition) is 1. The van der Waals surface area contributed by atoms with E-state index in [1.165, 1.54) is 51.4 Å². The van der Waals surface area contributed by atoms with Gasteiger partial charge in [0.15, 0.2) is 0 Å². The van der Waals surface area contributed by atoms with E-state index in [0.29, 0.717) is 0 Å². The van der Waals surface area contributed by atoms with Gasteiger partial charge in [0.1, 0.15) is 0 Å². The number of aliphatic hydroxyl groups excluding tert-OH is 1. The molecule has 0 atom stereocenters. The molecule has 0 spiro atoms. The van der Waals surface area contributed by atoms with Gasteiger partial charge in [-0.2, -0.15) is 53.4 Å². The molecule has 1 N–H and O–H groups in total. The number of hydrogen-bond acceptors (Lipinski definition) is 1. The summed E-state index contributed by atoms with van der Waals surface area (Å²) in [5, 5.41) is 7.57. The first kappa shape index (κ1) is 26.8. The van der Waals surface area contributed by atoms with Crippen molar-refractivity contribution in [2.75, 3.05) is 6.61 Å². The molecule has 0 saturated carbocycles. The largest absolute Gasteiger partial charge is 0.346 e. The minimum Gasteiger partial charge on any atom is -0.346 e. The zero-order valence-electron chi connectivity index (χ0n) is 18.0. The first-order valence-electron chi connectivity index (χ1n) is 10.4. The molecule has 2 aliphatic carbocycles. The van der Waals surface area contributed by atoms with Gasteiger partial charge < -0.3 is 12.0 Å². The molecule has 0 bridgehead atoms. The molecule has 4 rings (SSSR count). The Bertz CT molecular complexity index is 506. The minimum atomic E-state index is 0.210. The van der Waals surface area contributed by atoms with Crippen LogP contribution in [0.3, 0.4) is 0 Å². The zero-order valence-corrected chi connectivity index (χ0v) is 21.4. The average molecular weight is 463 g/mol. The van der Waals surface area contributed by atoms with Crippen molar-refractivity contribution in [1.82, 2.24) is 0 Å². The molecule has 2 aliphatic rings. The third kappa shape index (κ3) is 12.8. The number of aliphatic hydroxyl groups is 1. The molecule has 27 heavy (non-hydrogen) atoms. The van der Waals surface area contributed by atoms with Gasteiger partial charge in [0.25, 0.3) is 0 Å². The monoisotopic (exact) mass is 461 g/mol. The van der Waals surface area contributed by atoms with Gasteiger partial charge in [0.2, 0.25) is 0 Å². The Balaban J connectivity index is 0.000000355. The molecule has 2 aromatic rings. The van der Waals surface area contributed by atoms with E-state index in [2.05, 4.69) is 56.4 Å². The summed E-state index contributed by atoms with van der Waals surface area (Å²) in [6.45, 7) is 11.5. The van der Waals surface area contributed by atoms with Gasteiger partial charge in [-0.15, -0.1) is 0 Å². The molecule has 0 amide bonds. The van der Waals surface area contributed by atoms with Crippen LogP contribution in [0.2, 0.25) is 13.1 Å². The van der Waals surface area contributed by atoms with Gasteiger partial charge in [-0.3, -0.25) is 0 Å². The van der Waals surface area contributed by atoms with Crippen molar-refractivity contribution in [3.05, 3.63) is 65.6 Å². The van der Waals surface area contributed by atoms with Crippen LogP contribution in [-0.4, -0.2) is 17.1 Å². The Kier molecular flexibility index (Phi) is 17.7. The molecule has 0 radical (unpaired) electrons. The molecule has 1 nitrogen and oxygen atoms in total. The Morgan fingerprint density at radius 2 is 1.19 bits per heavy atom. The van der Waals surface area contributed by atoms with Gasteiger partial charge in [0, 0.05) is 6.61 Å². The number of aryl methyl sites for hydroxylation is 4. The van der Waals surface area contributed by atoms with E-state index < -0.39 is 0 Å². The molecule has 0 aliphatic heterocycles. The fraction of sp³-hybridized carbons (Fsp3) is 0.542. The van der Waals surface area contributed by atoms with E-state index in [1.807, 2.05) is 0 Å². The summed E-state index contributed by atoms with van der Waals surface area (Å²) >= 11 is 1.74. The van der Waals surface area contributed by atoms with Crippen LogP contribution < -0.4 is 0 Å². The molecule has 0 aromatic heterocycles. The maximum Gasteiger partial charge on any atom is -0.0512 e. The Labute approximate surface area is 183 Å². The predicted molar refractivity (Wildman–Crippen MR) is 119 cm³/mol. The zero-order chi connectivity index (χ0) is 20.5. The van der Waals surface area contributed by atoms with Crippen LogP contribution in [-0.2, 0) is 49.0 Å². The molecule has 2 aromatic carbocycles. The molecule has 0 heterocycles. The molecule has 152 valence electrons. The summed E-state index contributed by atoms with van der Waals surface area (Å²) in [5.41, 5.74) is 6.60. The van der Waals surface area contributed by atoms with Crippen molar-refractivity contribution in [2.45, 2.75) is 78.3 Å². The maximum atomic E-state index is 7.57. The standard InChI is InChI=1S/2C9H11.C2H6O.C2H6Si.C2H5.Zr/c2*1-2-5-9-7-3-6-8(9)4-1;1-2-3;1-3-2;1-2;/h2*3,6-7H,1-2,4-5H2;3H,2H2,1H3;1-2H3;1H2,2H3;/q2*-1;;;-1;. The van der Waals surface area contributed by atoms with E-state index in [4.69, 9.17) is 5.11 Å². The van der Waals surface area contributed by atoms with Crippen molar-refractivity contribution >= 4 is 5.43 Å². The van der Waals surface area contributed by atoms with Crippen LogP contribution in [0.1, 0.15) is 61.8 Å². The van der Waals surface area contributed by atoms with E-state index >= 15 is 0 Å². The van der Waals surface area contributed by atoms with E-state index in [0.717, 1.165) is 0 Å². The summed E-state index contributed by atoms with van der Waals surface area (Å²) in [4.78, 5) is 0. The number of fused-ring (bicyclic) bond motifs is 2. The third-order valence-electron chi connectivity index (χ3n) is 4.30. The van der Waals surface area contributed by atoms with Crippen molar-refractivity contribution in [3.8, 4) is 0 Å². The summed E-state index contributed by atoms with van der Waals surface area (Å²) in [5.74, 6) is 0. The fourth-order valence-corrected chi connectivity index (χ4v) is 3.23. The molecular weight excluding hydrogens is 424 g/mol. The van der Waals surface area contributed by atoms with Crippen LogP contribution in [0.15, 0.2) is 36.4 Å². The average Bonchev–Trinajstić information content (AvgIpc) is 3.33. The van der Waals surface area contributed by atoms with Gasteiger partial charge in [-0.1, -0.05) is 51.4 Å². The molecule has 0 fully saturated rings. The SMILES string of the molecule is CCO.C[Si](C)=[Zr].[CH2-]C.c1cc2c([cH-]1)CCCC2.c1cc2c([cH-]1)CCCC2. The minimum absolute atomic E-state index is 0.210. The van der Waals surface area contributed by atoms with E-state index in [9.17, 15) is 0 Å². The van der Waals surface area contributed by atoms with Gasteiger partial charge in [-0.25, -0.2) is 12.1 Å². The topological polar surface area (TPSA) is 20.2 Å². The second-order valence-electron chi connectivity index (χ2n) is 6.88. The maximum absolute atomic E-state index is 7.57. The molecule has 3 heteroatoms. The Morgan fingerprint density at radius 3 is 1.48 bits per heavy atom. The van der Waals surface area contributed by atoms with Crippen LogP contribution in [0, 0.1) is 6.92 Å². The molecule has 0 saturated heterocycles. The second kappa shape index (κ2) is 17.8. The smallest absolute Gasteiger partial charge is 0.0512 e. The van der Waals surface area contributed by atoms with Crippen molar-refractivity contribution in [2.24, 2.45) is 0 Å². The fourth-order valence-electron chi connectivity index (χ4n) is 3.23. The van der Waals surface area contributed by atoms with Crippen LogP contribution >= 0.6 is 0 Å². The van der Waals surface area contributed by atoms with E-state index in [1.54, 1.807) is 59.4 Å². The summed E-state index contributed by atoms with van der Waals surface area (Å²) in [6.07, 6.45) is 10.9. The van der Waals surface area contributed by atoms with Crippen LogP contribution in [0.25, 0.3) is 0 Å². The normalized spacial score (nSPS) is 13.4. The van der Waals surface area contributed by atoms with Gasteiger partial charge >= 0.3 is 41.9 Å². The number of rotatable bonds is 0. The van der Waals surface area contributed by atoms with E-state index in [-0.39, 0.29) is 12.0 Å². The van der Waals surface area contributed by atoms with Gasteiger partial charge in [-0.05, 0) is 6.92 Å². The summed E-state index contributed by atoms with van der Waals surface area (Å²) in [6, 6.07) is 13.4. The van der Waals surface area contributed by atoms with Gasteiger partial charge in [0.05, 0.1) is 0 Å². The van der Waals surface area contributed by atoms with Crippen molar-refractivity contribution < 1.29 is 28.4 Å². The van der Waals surface area contributed by atoms with Crippen LogP contribution in [0.5, 0.6) is 0 Å².